The van der Waals surface area contributed by atoms with Crippen LogP contribution in [0.25, 0.3) is 0 Å². The predicted octanol–water partition coefficient (Wildman–Crippen LogP) is 2.07. The molecule has 0 radical (unpaired) electrons. The Hall–Kier alpha value is -1.42. The SMILES string of the molecule is CNC(C)(C)C(=O)Nc1ccc(F)c(C)c1. The molecule has 1 amide bonds. The van der Waals surface area contributed by atoms with Crippen LogP contribution in [0.2, 0.25) is 0 Å². The minimum absolute atomic E-state index is 0.152. The van der Waals surface area contributed by atoms with Gasteiger partial charge >= 0.3 is 0 Å². The monoisotopic (exact) mass is 224 g/mol. The van der Waals surface area contributed by atoms with Gasteiger partial charge in [-0.1, -0.05) is 0 Å². The van der Waals surface area contributed by atoms with Gasteiger partial charge in [0.1, 0.15) is 5.82 Å². The molecule has 0 heterocycles. The second kappa shape index (κ2) is 4.61. The van der Waals surface area contributed by atoms with Gasteiger partial charge in [-0.2, -0.15) is 0 Å². The maximum Gasteiger partial charge on any atom is 0.244 e. The van der Waals surface area contributed by atoms with Crippen molar-refractivity contribution in [2.24, 2.45) is 0 Å². The van der Waals surface area contributed by atoms with Gasteiger partial charge in [0.25, 0.3) is 0 Å². The van der Waals surface area contributed by atoms with Crippen LogP contribution in [0.3, 0.4) is 0 Å². The molecule has 88 valence electrons. The Balaban J connectivity index is 2.82. The Morgan fingerprint density at radius 3 is 2.50 bits per heavy atom. The Morgan fingerprint density at radius 2 is 2.00 bits per heavy atom. The Labute approximate surface area is 95.0 Å². The molecule has 0 saturated carbocycles. The number of nitrogens with one attached hydrogen (secondary N) is 2. The molecule has 4 heteroatoms. The van der Waals surface area contributed by atoms with Crippen LogP contribution >= 0.6 is 0 Å². The predicted molar refractivity (Wildman–Crippen MR) is 62.9 cm³/mol. The number of carbonyl (C=O) groups excluding carboxylic acids is 1. The molecule has 1 rings (SSSR count). The van der Waals surface area contributed by atoms with Gasteiger partial charge in [0.05, 0.1) is 5.54 Å². The molecule has 0 bridgehead atoms. The molecular formula is C12H17FN2O. The van der Waals surface area contributed by atoms with E-state index in [1.807, 2.05) is 0 Å². The molecule has 0 fully saturated rings. The third-order valence-electron chi connectivity index (χ3n) is 2.61. The van der Waals surface area contributed by atoms with Gasteiger partial charge in [-0.05, 0) is 51.6 Å². The Kier molecular flexibility index (Phi) is 3.65. The number of carbonyl (C=O) groups is 1. The van der Waals surface area contributed by atoms with Gasteiger partial charge in [-0.3, -0.25) is 4.79 Å². The van der Waals surface area contributed by atoms with E-state index in [0.717, 1.165) is 0 Å². The van der Waals surface area contributed by atoms with E-state index >= 15 is 0 Å². The van der Waals surface area contributed by atoms with Crippen LogP contribution in [-0.2, 0) is 4.79 Å². The molecule has 0 aliphatic heterocycles. The van der Waals surface area contributed by atoms with Gasteiger partial charge < -0.3 is 10.6 Å². The number of likely N-dealkylation sites (N-methyl/N-ethyl adjacent to an activating group) is 1. The number of rotatable bonds is 3. The van der Waals surface area contributed by atoms with E-state index in [0.29, 0.717) is 11.3 Å². The second-order valence-corrected chi connectivity index (χ2v) is 4.29. The lowest BCUT2D eigenvalue weighted by Gasteiger charge is -2.22. The quantitative estimate of drug-likeness (QED) is 0.825. The number of aryl methyl sites for hydroxylation is 1. The van der Waals surface area contributed by atoms with Crippen LogP contribution in [0.15, 0.2) is 18.2 Å². The number of benzene rings is 1. The van der Waals surface area contributed by atoms with E-state index in [1.54, 1.807) is 40.0 Å². The first-order valence-corrected chi connectivity index (χ1v) is 5.13. The van der Waals surface area contributed by atoms with Gasteiger partial charge in [-0.15, -0.1) is 0 Å². The molecule has 0 unspecified atom stereocenters. The molecule has 0 aliphatic carbocycles. The molecule has 2 N–H and O–H groups in total. The number of amides is 1. The molecule has 16 heavy (non-hydrogen) atoms. The summed E-state index contributed by atoms with van der Waals surface area (Å²) in [6.45, 7) is 5.21. The van der Waals surface area contributed by atoms with E-state index in [4.69, 9.17) is 0 Å². The average molecular weight is 224 g/mol. The third-order valence-corrected chi connectivity index (χ3v) is 2.61. The fourth-order valence-corrected chi connectivity index (χ4v) is 1.12. The number of anilines is 1. The van der Waals surface area contributed by atoms with E-state index < -0.39 is 5.54 Å². The lowest BCUT2D eigenvalue weighted by molar-refractivity contribution is -0.121. The van der Waals surface area contributed by atoms with Gasteiger partial charge in [0.15, 0.2) is 0 Å². The summed E-state index contributed by atoms with van der Waals surface area (Å²) in [7, 11) is 1.72. The van der Waals surface area contributed by atoms with Gasteiger partial charge in [0, 0.05) is 5.69 Å². The minimum Gasteiger partial charge on any atom is -0.324 e. The summed E-state index contributed by atoms with van der Waals surface area (Å²) in [5.74, 6) is -0.424. The average Bonchev–Trinajstić information content (AvgIpc) is 2.23. The van der Waals surface area contributed by atoms with Crippen LogP contribution in [0, 0.1) is 12.7 Å². The first-order valence-electron chi connectivity index (χ1n) is 5.13. The highest BCUT2D eigenvalue weighted by molar-refractivity contribution is 5.97. The molecule has 0 atom stereocenters. The first-order chi connectivity index (χ1) is 7.36. The zero-order valence-corrected chi connectivity index (χ0v) is 10.0. The van der Waals surface area contributed by atoms with Crippen molar-refractivity contribution in [1.29, 1.82) is 0 Å². The van der Waals surface area contributed by atoms with Crippen molar-refractivity contribution in [3.05, 3.63) is 29.6 Å². The highest BCUT2D eigenvalue weighted by atomic mass is 19.1. The second-order valence-electron chi connectivity index (χ2n) is 4.29. The van der Waals surface area contributed by atoms with E-state index in [-0.39, 0.29) is 11.7 Å². The van der Waals surface area contributed by atoms with Crippen LogP contribution in [-0.4, -0.2) is 18.5 Å². The maximum absolute atomic E-state index is 13.0. The van der Waals surface area contributed by atoms with Crippen LogP contribution in [0.1, 0.15) is 19.4 Å². The molecule has 0 aliphatic rings. The normalized spacial score (nSPS) is 11.3. The summed E-state index contributed by atoms with van der Waals surface area (Å²) in [5, 5.41) is 5.63. The summed E-state index contributed by atoms with van der Waals surface area (Å²) in [5.41, 5.74) is 0.467. The van der Waals surface area contributed by atoms with Crippen molar-refractivity contribution in [3.63, 3.8) is 0 Å². The van der Waals surface area contributed by atoms with Gasteiger partial charge in [0.2, 0.25) is 5.91 Å². The Morgan fingerprint density at radius 1 is 1.38 bits per heavy atom. The molecule has 0 saturated heterocycles. The van der Waals surface area contributed by atoms with E-state index in [1.165, 1.54) is 6.07 Å². The zero-order chi connectivity index (χ0) is 12.3. The van der Waals surface area contributed by atoms with Crippen LogP contribution < -0.4 is 10.6 Å². The summed E-state index contributed by atoms with van der Waals surface area (Å²) in [6, 6.07) is 4.50. The summed E-state index contributed by atoms with van der Waals surface area (Å²) in [6.07, 6.45) is 0. The number of hydrogen-bond donors (Lipinski definition) is 2. The smallest absolute Gasteiger partial charge is 0.244 e. The van der Waals surface area contributed by atoms with Crippen molar-refractivity contribution in [2.75, 3.05) is 12.4 Å². The lowest BCUT2D eigenvalue weighted by atomic mass is 10.0. The topological polar surface area (TPSA) is 41.1 Å². The number of halogens is 1. The summed E-state index contributed by atoms with van der Waals surface area (Å²) >= 11 is 0. The molecular weight excluding hydrogens is 207 g/mol. The van der Waals surface area contributed by atoms with Gasteiger partial charge in [-0.25, -0.2) is 4.39 Å². The van der Waals surface area contributed by atoms with Crippen molar-refractivity contribution in [3.8, 4) is 0 Å². The third kappa shape index (κ3) is 2.79. The largest absolute Gasteiger partial charge is 0.324 e. The van der Waals surface area contributed by atoms with Crippen molar-refractivity contribution >= 4 is 11.6 Å². The van der Waals surface area contributed by atoms with Crippen LogP contribution in [0.4, 0.5) is 10.1 Å². The van der Waals surface area contributed by atoms with E-state index in [2.05, 4.69) is 10.6 Å². The maximum atomic E-state index is 13.0. The fraction of sp³-hybridized carbons (Fsp3) is 0.417. The van der Waals surface area contributed by atoms with Crippen molar-refractivity contribution < 1.29 is 9.18 Å². The zero-order valence-electron chi connectivity index (χ0n) is 10.0. The van der Waals surface area contributed by atoms with Crippen molar-refractivity contribution in [1.82, 2.24) is 5.32 Å². The number of hydrogen-bond acceptors (Lipinski definition) is 2. The summed E-state index contributed by atoms with van der Waals surface area (Å²) < 4.78 is 13.0. The summed E-state index contributed by atoms with van der Waals surface area (Å²) in [4.78, 5) is 11.8. The highest BCUT2D eigenvalue weighted by Crippen LogP contribution is 2.15. The lowest BCUT2D eigenvalue weighted by Crippen LogP contribution is -2.47. The first kappa shape index (κ1) is 12.6. The molecule has 3 nitrogen and oxygen atoms in total. The standard InChI is InChI=1S/C12H17FN2O/c1-8-7-9(5-6-10(8)13)15-11(16)12(2,3)14-4/h5-7,14H,1-4H3,(H,15,16). The fourth-order valence-electron chi connectivity index (χ4n) is 1.12. The molecule has 0 aromatic heterocycles. The van der Waals surface area contributed by atoms with Crippen LogP contribution in [0.5, 0.6) is 0 Å². The highest BCUT2D eigenvalue weighted by Gasteiger charge is 2.25. The minimum atomic E-state index is -0.651. The molecule has 0 spiro atoms. The molecule has 1 aromatic rings. The van der Waals surface area contributed by atoms with Crippen molar-refractivity contribution in [2.45, 2.75) is 26.3 Å². The Bertz CT molecular complexity index is 402. The molecule has 1 aromatic carbocycles. The van der Waals surface area contributed by atoms with E-state index in [9.17, 15) is 9.18 Å².